The zero-order valence-electron chi connectivity index (χ0n) is 17.0. The molecule has 2 aromatic carbocycles. The number of ether oxygens (including phenoxy) is 2. The molecule has 1 aromatic heterocycles. The van der Waals surface area contributed by atoms with Crippen LogP contribution in [0.25, 0.3) is 11.1 Å². The van der Waals surface area contributed by atoms with Gasteiger partial charge in [0.05, 0.1) is 32.5 Å². The van der Waals surface area contributed by atoms with Gasteiger partial charge in [-0.1, -0.05) is 30.3 Å². The summed E-state index contributed by atoms with van der Waals surface area (Å²) < 4.78 is 55.6. The molecule has 162 valence electrons. The van der Waals surface area contributed by atoms with Gasteiger partial charge >= 0.3 is 5.97 Å². The monoisotopic (exact) mass is 444 g/mol. The van der Waals surface area contributed by atoms with Gasteiger partial charge < -0.3 is 13.9 Å². The fourth-order valence-electron chi connectivity index (χ4n) is 3.46. The quantitative estimate of drug-likeness (QED) is 0.374. The minimum Gasteiger partial charge on any atom is -0.495 e. The summed E-state index contributed by atoms with van der Waals surface area (Å²) in [5, 5.41) is -1.27. The smallest absolute Gasteiger partial charge is 0.342 e. The van der Waals surface area contributed by atoms with Crippen LogP contribution in [0, 0.1) is 5.82 Å². The average molecular weight is 444 g/mol. The summed E-state index contributed by atoms with van der Waals surface area (Å²) >= 11 is 0. The molecule has 3 rings (SSSR count). The minimum atomic E-state index is -3.87. The Hall–Kier alpha value is -3.39. The van der Waals surface area contributed by atoms with Crippen LogP contribution in [0.5, 0.6) is 5.75 Å². The minimum absolute atomic E-state index is 0.0364. The van der Waals surface area contributed by atoms with Gasteiger partial charge in [0.2, 0.25) is 0 Å². The number of hydrogen-bond acceptors (Lipinski definition) is 6. The molecule has 0 aliphatic carbocycles. The molecule has 0 saturated carbocycles. The molecule has 0 radical (unpaired) electrons. The van der Waals surface area contributed by atoms with E-state index in [2.05, 4.69) is 6.58 Å². The Balaban J connectivity index is 2.36. The molecule has 0 aliphatic rings. The van der Waals surface area contributed by atoms with E-state index in [1.54, 1.807) is 12.1 Å². The number of sulfone groups is 1. The summed E-state index contributed by atoms with van der Waals surface area (Å²) in [4.78, 5) is 12.8. The van der Waals surface area contributed by atoms with E-state index in [1.165, 1.54) is 63.2 Å². The Morgan fingerprint density at radius 1 is 1.16 bits per heavy atom. The normalized spacial score (nSPS) is 12.2. The lowest BCUT2D eigenvalue weighted by molar-refractivity contribution is 0.0596. The van der Waals surface area contributed by atoms with Crippen LogP contribution < -0.4 is 4.74 Å². The molecule has 0 saturated heterocycles. The molecule has 0 N–H and O–H groups in total. The third kappa shape index (κ3) is 4.39. The first-order valence-electron chi connectivity index (χ1n) is 9.23. The molecule has 0 amide bonds. The van der Waals surface area contributed by atoms with Gasteiger partial charge in [0.15, 0.2) is 9.84 Å². The second kappa shape index (κ2) is 9.18. The second-order valence-corrected chi connectivity index (χ2v) is 8.79. The largest absolute Gasteiger partial charge is 0.495 e. The number of furan rings is 1. The average Bonchev–Trinajstić information content (AvgIpc) is 3.28. The summed E-state index contributed by atoms with van der Waals surface area (Å²) in [5.41, 5.74) is 1.58. The summed E-state index contributed by atoms with van der Waals surface area (Å²) in [6.07, 6.45) is 4.21. The van der Waals surface area contributed by atoms with Crippen molar-refractivity contribution in [3.05, 3.63) is 90.2 Å². The lowest BCUT2D eigenvalue weighted by atomic mass is 9.94. The van der Waals surface area contributed by atoms with Crippen molar-refractivity contribution in [2.45, 2.75) is 5.25 Å². The maximum atomic E-state index is 13.5. The van der Waals surface area contributed by atoms with E-state index in [9.17, 15) is 17.6 Å². The molecule has 31 heavy (non-hydrogen) atoms. The topological polar surface area (TPSA) is 82.8 Å². The van der Waals surface area contributed by atoms with Crippen LogP contribution in [0.2, 0.25) is 0 Å². The number of hydrogen-bond donors (Lipinski definition) is 0. The third-order valence-electron chi connectivity index (χ3n) is 4.78. The van der Waals surface area contributed by atoms with E-state index in [-0.39, 0.29) is 22.6 Å². The van der Waals surface area contributed by atoms with Gasteiger partial charge in [0.1, 0.15) is 22.4 Å². The van der Waals surface area contributed by atoms with Crippen molar-refractivity contribution in [2.75, 3.05) is 20.0 Å². The Morgan fingerprint density at radius 3 is 2.42 bits per heavy atom. The zero-order chi connectivity index (χ0) is 22.6. The van der Waals surface area contributed by atoms with E-state index < -0.39 is 26.9 Å². The van der Waals surface area contributed by atoms with E-state index >= 15 is 0 Å². The van der Waals surface area contributed by atoms with Crippen molar-refractivity contribution in [3.8, 4) is 16.9 Å². The van der Waals surface area contributed by atoms with Gasteiger partial charge in [0, 0.05) is 11.1 Å². The molecular weight excluding hydrogens is 423 g/mol. The Morgan fingerprint density at radius 2 is 1.87 bits per heavy atom. The fraction of sp³-hybridized carbons (Fsp3) is 0.174. The highest BCUT2D eigenvalue weighted by Crippen LogP contribution is 2.42. The number of benzene rings is 2. The zero-order valence-corrected chi connectivity index (χ0v) is 17.8. The van der Waals surface area contributed by atoms with Crippen molar-refractivity contribution in [2.24, 2.45) is 0 Å². The summed E-state index contributed by atoms with van der Waals surface area (Å²) in [5.74, 6) is -1.48. The van der Waals surface area contributed by atoms with Crippen LogP contribution in [0.1, 0.15) is 26.7 Å². The van der Waals surface area contributed by atoms with E-state index in [0.29, 0.717) is 16.7 Å². The summed E-state index contributed by atoms with van der Waals surface area (Å²) in [6.45, 7) is 3.52. The molecule has 3 aromatic rings. The van der Waals surface area contributed by atoms with Gasteiger partial charge in [-0.3, -0.25) is 0 Å². The Labute approximate surface area is 179 Å². The number of methoxy groups -OCH3 is 2. The molecule has 0 spiro atoms. The van der Waals surface area contributed by atoms with Crippen molar-refractivity contribution >= 4 is 15.8 Å². The van der Waals surface area contributed by atoms with E-state index in [1.807, 2.05) is 0 Å². The van der Waals surface area contributed by atoms with Crippen molar-refractivity contribution in [3.63, 3.8) is 0 Å². The third-order valence-corrected chi connectivity index (χ3v) is 6.72. The van der Waals surface area contributed by atoms with Crippen molar-refractivity contribution < 1.29 is 31.5 Å². The van der Waals surface area contributed by atoms with Crippen LogP contribution in [0.4, 0.5) is 4.39 Å². The highest BCUT2D eigenvalue weighted by atomic mass is 32.2. The van der Waals surface area contributed by atoms with Crippen LogP contribution in [0.15, 0.2) is 72.1 Å². The summed E-state index contributed by atoms with van der Waals surface area (Å²) in [7, 11) is -1.30. The van der Waals surface area contributed by atoms with Crippen LogP contribution in [0.3, 0.4) is 0 Å². The predicted octanol–water partition coefficient (Wildman–Crippen LogP) is 4.57. The molecule has 1 heterocycles. The molecule has 0 bridgehead atoms. The molecule has 8 heteroatoms. The fourth-order valence-corrected chi connectivity index (χ4v) is 5.14. The number of rotatable bonds is 8. The first-order valence-corrected chi connectivity index (χ1v) is 10.9. The molecule has 6 nitrogen and oxygen atoms in total. The van der Waals surface area contributed by atoms with Gasteiger partial charge in [-0.2, -0.15) is 0 Å². The first kappa shape index (κ1) is 22.3. The van der Waals surface area contributed by atoms with Crippen molar-refractivity contribution in [1.82, 2.24) is 0 Å². The maximum absolute atomic E-state index is 13.5. The van der Waals surface area contributed by atoms with Gasteiger partial charge in [-0.15, -0.1) is 6.58 Å². The molecule has 0 aliphatic heterocycles. The molecule has 1 unspecified atom stereocenters. The highest BCUT2D eigenvalue weighted by Gasteiger charge is 2.34. The molecule has 0 fully saturated rings. The number of carbonyl (C=O) groups is 1. The maximum Gasteiger partial charge on any atom is 0.342 e. The first-order chi connectivity index (χ1) is 14.8. The van der Waals surface area contributed by atoms with Crippen LogP contribution in [-0.4, -0.2) is 34.4 Å². The number of esters is 1. The van der Waals surface area contributed by atoms with Crippen LogP contribution >= 0.6 is 0 Å². The number of halogens is 1. The molecular formula is C23H21FO6S. The Kier molecular flexibility index (Phi) is 6.60. The lowest BCUT2D eigenvalue weighted by Gasteiger charge is -2.23. The highest BCUT2D eigenvalue weighted by molar-refractivity contribution is 7.92. The van der Waals surface area contributed by atoms with E-state index in [0.717, 1.165) is 0 Å². The van der Waals surface area contributed by atoms with E-state index in [4.69, 9.17) is 13.9 Å². The standard InChI is InChI=1S/C23H21FO6S/c1-4-13-31(26,27)22(15-5-7-17(24)8-6-15)19-10-9-18(16-11-12-30-14-16)21(28-2)20(19)23(25)29-3/h4-12,14,22H,1,13H2,2-3H3. The number of carbonyl (C=O) groups excluding carboxylic acids is 1. The van der Waals surface area contributed by atoms with Crippen molar-refractivity contribution in [1.29, 1.82) is 0 Å². The van der Waals surface area contributed by atoms with Gasteiger partial charge in [0.25, 0.3) is 0 Å². The summed E-state index contributed by atoms with van der Waals surface area (Å²) in [6, 6.07) is 9.94. The van der Waals surface area contributed by atoms with Crippen LogP contribution in [-0.2, 0) is 14.6 Å². The predicted molar refractivity (Wildman–Crippen MR) is 114 cm³/mol. The second-order valence-electron chi connectivity index (χ2n) is 6.66. The van der Waals surface area contributed by atoms with Gasteiger partial charge in [-0.05, 0) is 29.3 Å². The Bertz CT molecular complexity index is 1180. The SMILES string of the molecule is C=CCS(=O)(=O)C(c1ccc(F)cc1)c1ccc(-c2ccoc2)c(OC)c1C(=O)OC. The molecule has 1 atom stereocenters. The van der Waals surface area contributed by atoms with Gasteiger partial charge in [-0.25, -0.2) is 17.6 Å². The lowest BCUT2D eigenvalue weighted by Crippen LogP contribution is -2.21.